The molecule has 2 saturated heterocycles. The molecule has 196 valence electrons. The van der Waals surface area contributed by atoms with Crippen molar-refractivity contribution in [2.24, 2.45) is 11.8 Å². The van der Waals surface area contributed by atoms with E-state index in [-0.39, 0.29) is 17.7 Å². The van der Waals surface area contributed by atoms with Crippen LogP contribution >= 0.6 is 0 Å². The molecule has 0 radical (unpaired) electrons. The highest BCUT2D eigenvalue weighted by molar-refractivity contribution is 5.73. The second-order valence-electron chi connectivity index (χ2n) is 11.3. The van der Waals surface area contributed by atoms with Crippen molar-refractivity contribution in [3.8, 4) is 0 Å². The Balaban J connectivity index is 1.15. The smallest absolute Gasteiger partial charge is 0.320 e. The number of aromatic nitrogens is 3. The minimum atomic E-state index is -0.713. The summed E-state index contributed by atoms with van der Waals surface area (Å²) in [5.41, 5.74) is 3.13. The number of hydrogen-bond donors (Lipinski definition) is 1. The molecule has 3 aliphatic rings. The van der Waals surface area contributed by atoms with Crippen molar-refractivity contribution >= 4 is 11.6 Å². The van der Waals surface area contributed by atoms with Crippen LogP contribution in [0.2, 0.25) is 0 Å². The quantitative estimate of drug-likeness (QED) is 0.489. The molecular formula is C29H36FN5O2. The standard InChI is InChI=1S/C29H36FN5O2/c30-24-6-2-5-22(14-24)25-19-34(26(29(36)37)13-20-3-1-4-20)18-23(25)17-33-10-7-21(8-11-33)27-15-32-28-16-31-9-12-35(27)28/h2,5-6,9,12,14-16,20-21,23,25-26H,1,3-4,7-8,10-11,13,17-19H2,(H,36,37). The number of carbonyl (C=O) groups is 1. The molecule has 1 saturated carbocycles. The number of rotatable bonds is 8. The van der Waals surface area contributed by atoms with Crippen LogP contribution < -0.4 is 0 Å². The van der Waals surface area contributed by atoms with Gasteiger partial charge < -0.3 is 14.4 Å². The van der Waals surface area contributed by atoms with Crippen LogP contribution in [0.4, 0.5) is 4.39 Å². The van der Waals surface area contributed by atoms with Crippen molar-refractivity contribution in [2.45, 2.75) is 56.4 Å². The Morgan fingerprint density at radius 2 is 1.97 bits per heavy atom. The SMILES string of the molecule is O=C(O)C(CC1CCC1)N1CC(CN2CCC(c3cnc4cnccn34)CC2)C(c2cccc(F)c2)C1. The van der Waals surface area contributed by atoms with Gasteiger partial charge in [0.25, 0.3) is 0 Å². The summed E-state index contributed by atoms with van der Waals surface area (Å²) in [4.78, 5) is 25.7. The maximum absolute atomic E-state index is 14.2. The number of hydrogen-bond acceptors (Lipinski definition) is 5. The number of fused-ring (bicyclic) bond motifs is 1. The molecule has 0 spiro atoms. The van der Waals surface area contributed by atoms with E-state index in [0.29, 0.717) is 18.4 Å². The van der Waals surface area contributed by atoms with Crippen LogP contribution in [0.25, 0.3) is 5.65 Å². The van der Waals surface area contributed by atoms with E-state index < -0.39 is 12.0 Å². The fourth-order valence-corrected chi connectivity index (χ4v) is 6.82. The summed E-state index contributed by atoms with van der Waals surface area (Å²) in [5, 5.41) is 10.1. The number of nitrogens with zero attached hydrogens (tertiary/aromatic N) is 5. The van der Waals surface area contributed by atoms with Crippen LogP contribution in [0.1, 0.15) is 61.6 Å². The van der Waals surface area contributed by atoms with Gasteiger partial charge in [0, 0.05) is 55.8 Å². The molecular weight excluding hydrogens is 469 g/mol. The predicted octanol–water partition coefficient (Wildman–Crippen LogP) is 4.41. The Morgan fingerprint density at radius 1 is 1.14 bits per heavy atom. The van der Waals surface area contributed by atoms with Gasteiger partial charge in [-0.2, -0.15) is 0 Å². The Bertz CT molecular complexity index is 1240. The van der Waals surface area contributed by atoms with Crippen LogP contribution in [-0.4, -0.2) is 74.0 Å². The van der Waals surface area contributed by atoms with Gasteiger partial charge in [0.05, 0.1) is 6.20 Å². The Hall–Kier alpha value is -2.84. The molecule has 3 unspecified atom stereocenters. The van der Waals surface area contributed by atoms with E-state index in [4.69, 9.17) is 0 Å². The summed E-state index contributed by atoms with van der Waals surface area (Å²) in [6.45, 7) is 4.35. The molecule has 6 rings (SSSR count). The van der Waals surface area contributed by atoms with Crippen LogP contribution in [0, 0.1) is 17.7 Å². The van der Waals surface area contributed by atoms with Gasteiger partial charge in [-0.05, 0) is 61.9 Å². The molecule has 0 amide bonds. The van der Waals surface area contributed by atoms with E-state index in [0.717, 1.165) is 69.5 Å². The molecule has 3 aromatic rings. The van der Waals surface area contributed by atoms with Crippen LogP contribution in [0.15, 0.2) is 49.1 Å². The van der Waals surface area contributed by atoms with Gasteiger partial charge in [-0.25, -0.2) is 9.37 Å². The zero-order valence-corrected chi connectivity index (χ0v) is 21.3. The zero-order valence-electron chi connectivity index (χ0n) is 21.3. The van der Waals surface area contributed by atoms with E-state index >= 15 is 0 Å². The number of benzene rings is 1. The van der Waals surface area contributed by atoms with E-state index in [9.17, 15) is 14.3 Å². The minimum absolute atomic E-state index is 0.142. The molecule has 3 fully saturated rings. The summed E-state index contributed by atoms with van der Waals surface area (Å²) in [6.07, 6.45) is 14.0. The number of imidazole rings is 1. The average Bonchev–Trinajstić information content (AvgIpc) is 3.48. The molecule has 2 aliphatic heterocycles. The van der Waals surface area contributed by atoms with E-state index in [1.807, 2.05) is 18.5 Å². The highest BCUT2D eigenvalue weighted by Gasteiger charge is 2.41. The molecule has 3 atom stereocenters. The number of aliphatic carboxylic acids is 1. The van der Waals surface area contributed by atoms with Crippen LogP contribution in [0.3, 0.4) is 0 Å². The average molecular weight is 506 g/mol. The molecule has 7 nitrogen and oxygen atoms in total. The highest BCUT2D eigenvalue weighted by atomic mass is 19.1. The summed E-state index contributed by atoms with van der Waals surface area (Å²) in [6, 6.07) is 6.49. The molecule has 2 aromatic heterocycles. The van der Waals surface area contributed by atoms with Crippen LogP contribution in [-0.2, 0) is 4.79 Å². The molecule has 1 aliphatic carbocycles. The van der Waals surface area contributed by atoms with E-state index in [2.05, 4.69) is 24.2 Å². The third kappa shape index (κ3) is 5.14. The van der Waals surface area contributed by atoms with Gasteiger partial charge >= 0.3 is 5.97 Å². The zero-order chi connectivity index (χ0) is 25.4. The number of carboxylic acid groups (broad SMARTS) is 1. The predicted molar refractivity (Wildman–Crippen MR) is 139 cm³/mol. The van der Waals surface area contributed by atoms with Gasteiger partial charge in [0.15, 0.2) is 5.65 Å². The lowest BCUT2D eigenvalue weighted by Gasteiger charge is -2.35. The molecule has 1 N–H and O–H groups in total. The summed E-state index contributed by atoms with van der Waals surface area (Å²) in [5.74, 6) is 0.484. The summed E-state index contributed by atoms with van der Waals surface area (Å²) >= 11 is 0. The van der Waals surface area contributed by atoms with Gasteiger partial charge in [-0.1, -0.05) is 31.4 Å². The van der Waals surface area contributed by atoms with E-state index in [1.165, 1.54) is 18.2 Å². The first kappa shape index (κ1) is 24.5. The molecule has 8 heteroatoms. The normalized spacial score (nSPS) is 24.9. The first-order valence-corrected chi connectivity index (χ1v) is 13.8. The molecule has 0 bridgehead atoms. The minimum Gasteiger partial charge on any atom is -0.480 e. The number of likely N-dealkylation sites (tertiary alicyclic amines) is 2. The second-order valence-corrected chi connectivity index (χ2v) is 11.3. The molecule has 37 heavy (non-hydrogen) atoms. The van der Waals surface area contributed by atoms with Gasteiger partial charge in [0.2, 0.25) is 0 Å². The largest absolute Gasteiger partial charge is 0.480 e. The third-order valence-electron chi connectivity index (χ3n) is 9.10. The summed E-state index contributed by atoms with van der Waals surface area (Å²) < 4.78 is 16.3. The lowest BCUT2D eigenvalue weighted by Crippen LogP contribution is -2.43. The fourth-order valence-electron chi connectivity index (χ4n) is 6.82. The van der Waals surface area contributed by atoms with Gasteiger partial charge in [-0.3, -0.25) is 14.7 Å². The van der Waals surface area contributed by atoms with Crippen molar-refractivity contribution in [3.63, 3.8) is 0 Å². The lowest BCUT2D eigenvalue weighted by molar-refractivity contribution is -0.144. The highest BCUT2D eigenvalue weighted by Crippen LogP contribution is 2.39. The lowest BCUT2D eigenvalue weighted by atomic mass is 9.80. The topological polar surface area (TPSA) is 74.0 Å². The molecule has 4 heterocycles. The Morgan fingerprint density at radius 3 is 2.70 bits per heavy atom. The van der Waals surface area contributed by atoms with Crippen molar-refractivity contribution in [1.82, 2.24) is 24.2 Å². The van der Waals surface area contributed by atoms with Crippen molar-refractivity contribution in [3.05, 3.63) is 66.1 Å². The molecule has 1 aromatic carbocycles. The van der Waals surface area contributed by atoms with Gasteiger partial charge in [0.1, 0.15) is 11.9 Å². The van der Waals surface area contributed by atoms with Crippen LogP contribution in [0.5, 0.6) is 0 Å². The van der Waals surface area contributed by atoms with Crippen molar-refractivity contribution < 1.29 is 14.3 Å². The monoisotopic (exact) mass is 505 g/mol. The Kier molecular flexibility index (Phi) is 6.95. The van der Waals surface area contributed by atoms with Crippen molar-refractivity contribution in [2.75, 3.05) is 32.7 Å². The summed E-state index contributed by atoms with van der Waals surface area (Å²) in [7, 11) is 0. The second kappa shape index (κ2) is 10.5. The first-order valence-electron chi connectivity index (χ1n) is 13.8. The maximum Gasteiger partial charge on any atom is 0.320 e. The van der Waals surface area contributed by atoms with Crippen molar-refractivity contribution in [1.29, 1.82) is 0 Å². The number of halogens is 1. The van der Waals surface area contributed by atoms with Gasteiger partial charge in [-0.15, -0.1) is 0 Å². The fraction of sp³-hybridized carbons (Fsp3) is 0.552. The third-order valence-corrected chi connectivity index (χ3v) is 9.10. The first-order chi connectivity index (χ1) is 18.0. The number of piperidine rings is 1. The van der Waals surface area contributed by atoms with E-state index in [1.54, 1.807) is 24.5 Å². The number of carboxylic acids is 1. The Labute approximate surface area is 217 Å². The maximum atomic E-state index is 14.2.